The maximum atomic E-state index is 12.3. The average molecular weight is 455 g/mol. The summed E-state index contributed by atoms with van der Waals surface area (Å²) in [4.78, 5) is 14.1. The van der Waals surface area contributed by atoms with Crippen molar-refractivity contribution in [3.63, 3.8) is 0 Å². The topological polar surface area (TPSA) is 102 Å². The Morgan fingerprint density at radius 1 is 1.18 bits per heavy atom. The van der Waals surface area contributed by atoms with Crippen LogP contribution in [0.25, 0.3) is 0 Å². The van der Waals surface area contributed by atoms with Gasteiger partial charge >= 0.3 is 0 Å². The predicted molar refractivity (Wildman–Crippen MR) is 125 cm³/mol. The molecule has 4 N–H and O–H groups in total. The molecular weight excluding hydrogens is 420 g/mol. The van der Waals surface area contributed by atoms with Gasteiger partial charge in [-0.05, 0) is 92.0 Å². The maximum absolute atomic E-state index is 12.3. The van der Waals surface area contributed by atoms with Crippen molar-refractivity contribution in [1.29, 1.82) is 0 Å². The Kier molecular flexibility index (Phi) is 7.22. The van der Waals surface area contributed by atoms with Crippen LogP contribution in [0.1, 0.15) is 48.4 Å². The van der Waals surface area contributed by atoms with Crippen LogP contribution in [0, 0.1) is 0 Å². The summed E-state index contributed by atoms with van der Waals surface area (Å²) < 4.78 is 5.79. The first kappa shape index (κ1) is 23.5. The van der Waals surface area contributed by atoms with Gasteiger partial charge in [0.1, 0.15) is 17.2 Å². The minimum absolute atomic E-state index is 0.0373. The zero-order chi connectivity index (χ0) is 23.4. The number of phenols is 1. The van der Waals surface area contributed by atoms with Gasteiger partial charge in [0.25, 0.3) is 5.91 Å². The fourth-order valence-corrected chi connectivity index (χ4v) is 4.84. The number of hydrogen-bond acceptors (Lipinski definition) is 6. The summed E-state index contributed by atoms with van der Waals surface area (Å²) in [5, 5.41) is 33.7. The number of carbonyl (C=O) groups excluding carboxylic acids is 1. The van der Waals surface area contributed by atoms with Crippen molar-refractivity contribution >= 4 is 5.91 Å². The number of nitrogens with zero attached hydrogens (tertiary/aromatic N) is 1. The van der Waals surface area contributed by atoms with Gasteiger partial charge in [-0.2, -0.15) is 0 Å². The Morgan fingerprint density at radius 2 is 1.97 bits per heavy atom. The van der Waals surface area contributed by atoms with E-state index in [0.29, 0.717) is 23.3 Å². The lowest BCUT2D eigenvalue weighted by Gasteiger charge is -2.34. The van der Waals surface area contributed by atoms with Crippen LogP contribution >= 0.6 is 0 Å². The van der Waals surface area contributed by atoms with Crippen LogP contribution in [0.2, 0.25) is 0 Å². The zero-order valence-electron chi connectivity index (χ0n) is 19.2. The van der Waals surface area contributed by atoms with Crippen LogP contribution < -0.4 is 10.1 Å². The molecule has 1 saturated heterocycles. The molecule has 0 unspecified atom stereocenters. The average Bonchev–Trinajstić information content (AvgIpc) is 3.33. The highest BCUT2D eigenvalue weighted by Gasteiger charge is 2.29. The van der Waals surface area contributed by atoms with Gasteiger partial charge in [-0.15, -0.1) is 0 Å². The van der Waals surface area contributed by atoms with Crippen LogP contribution in [0.3, 0.4) is 0 Å². The third-order valence-corrected chi connectivity index (χ3v) is 6.74. The molecule has 1 fully saturated rings. The van der Waals surface area contributed by atoms with E-state index in [9.17, 15) is 20.1 Å². The molecule has 1 aliphatic carbocycles. The minimum Gasteiger partial charge on any atom is -0.508 e. The van der Waals surface area contributed by atoms with E-state index in [1.54, 1.807) is 25.1 Å². The molecule has 1 amide bonds. The lowest BCUT2D eigenvalue weighted by molar-refractivity contribution is -0.132. The number of rotatable bonds is 8. The molecule has 0 radical (unpaired) electrons. The Bertz CT molecular complexity index is 985. The highest BCUT2D eigenvalue weighted by molar-refractivity contribution is 5.78. The summed E-state index contributed by atoms with van der Waals surface area (Å²) in [5.74, 6) is 0.849. The van der Waals surface area contributed by atoms with Gasteiger partial charge in [-0.25, -0.2) is 0 Å². The lowest BCUT2D eigenvalue weighted by atomic mass is 9.87. The molecule has 2 aromatic carbocycles. The molecule has 7 nitrogen and oxygen atoms in total. The fraction of sp³-hybridized carbons (Fsp3) is 0.500. The van der Waals surface area contributed by atoms with Gasteiger partial charge in [0.15, 0.2) is 6.61 Å². The summed E-state index contributed by atoms with van der Waals surface area (Å²) in [5.41, 5.74) is 2.40. The van der Waals surface area contributed by atoms with Crippen LogP contribution in [-0.2, 0) is 29.8 Å². The number of hydrogen-bond donors (Lipinski definition) is 4. The fourth-order valence-electron chi connectivity index (χ4n) is 4.84. The summed E-state index contributed by atoms with van der Waals surface area (Å²) in [7, 11) is 0. The number of ether oxygens (including phenoxy) is 1. The van der Waals surface area contributed by atoms with Crippen LogP contribution in [0.15, 0.2) is 36.4 Å². The van der Waals surface area contributed by atoms with Crippen molar-refractivity contribution in [2.24, 2.45) is 0 Å². The number of carbonyl (C=O) groups is 1. The number of aryl methyl sites for hydroxylation is 1. The second-order valence-corrected chi connectivity index (χ2v) is 9.28. The summed E-state index contributed by atoms with van der Waals surface area (Å²) in [6.45, 7) is 3.34. The number of aliphatic hydroxyl groups is 2. The quantitative estimate of drug-likeness (QED) is 0.457. The van der Waals surface area contributed by atoms with Gasteiger partial charge in [0.2, 0.25) is 0 Å². The molecule has 2 aromatic rings. The van der Waals surface area contributed by atoms with E-state index in [0.717, 1.165) is 50.8 Å². The van der Waals surface area contributed by atoms with E-state index >= 15 is 0 Å². The number of nitrogens with one attached hydrogen (secondary N) is 1. The first-order chi connectivity index (χ1) is 15.9. The lowest BCUT2D eigenvalue weighted by Crippen LogP contribution is -2.48. The third kappa shape index (κ3) is 5.66. The highest BCUT2D eigenvalue weighted by atomic mass is 16.5. The second kappa shape index (κ2) is 10.1. The Hall–Kier alpha value is -2.61. The SMILES string of the molecule is C[C@@](O)(N[C@H]1CCc2ccc(OCC(=O)N3CCCC3)cc2C1)c1ccc(O)c(CCO)c1. The van der Waals surface area contributed by atoms with Crippen molar-refractivity contribution in [3.8, 4) is 11.5 Å². The summed E-state index contributed by atoms with van der Waals surface area (Å²) in [6, 6.07) is 11.1. The first-order valence-electron chi connectivity index (χ1n) is 11.8. The molecular formula is C26H34N2O5. The molecule has 1 heterocycles. The van der Waals surface area contributed by atoms with E-state index in [1.807, 2.05) is 17.0 Å². The van der Waals surface area contributed by atoms with Gasteiger partial charge in [0, 0.05) is 25.7 Å². The summed E-state index contributed by atoms with van der Waals surface area (Å²) >= 11 is 0. The molecule has 7 heteroatoms. The monoisotopic (exact) mass is 454 g/mol. The molecule has 2 atom stereocenters. The van der Waals surface area contributed by atoms with E-state index in [1.165, 1.54) is 5.56 Å². The zero-order valence-corrected chi connectivity index (χ0v) is 19.2. The molecule has 0 aromatic heterocycles. The number of likely N-dealkylation sites (tertiary alicyclic amines) is 1. The smallest absolute Gasteiger partial charge is 0.260 e. The molecule has 178 valence electrons. The predicted octanol–water partition coefficient (Wildman–Crippen LogP) is 2.24. The highest BCUT2D eigenvalue weighted by Crippen LogP contribution is 2.30. The summed E-state index contributed by atoms with van der Waals surface area (Å²) in [6.07, 6.45) is 4.98. The van der Waals surface area contributed by atoms with Gasteiger partial charge in [-0.3, -0.25) is 10.1 Å². The van der Waals surface area contributed by atoms with Crippen molar-refractivity contribution in [2.75, 3.05) is 26.3 Å². The van der Waals surface area contributed by atoms with E-state index in [-0.39, 0.29) is 30.9 Å². The molecule has 1 aliphatic heterocycles. The third-order valence-electron chi connectivity index (χ3n) is 6.74. The van der Waals surface area contributed by atoms with Gasteiger partial charge in [0.05, 0.1) is 0 Å². The van der Waals surface area contributed by atoms with Gasteiger partial charge < -0.3 is 25.0 Å². The molecule has 2 aliphatic rings. The van der Waals surface area contributed by atoms with Crippen molar-refractivity contribution in [1.82, 2.24) is 10.2 Å². The van der Waals surface area contributed by atoms with Crippen molar-refractivity contribution in [3.05, 3.63) is 58.7 Å². The number of fused-ring (bicyclic) bond motifs is 1. The molecule has 0 saturated carbocycles. The van der Waals surface area contributed by atoms with Crippen molar-refractivity contribution in [2.45, 2.75) is 57.2 Å². The van der Waals surface area contributed by atoms with Crippen LogP contribution in [0.4, 0.5) is 0 Å². The Balaban J connectivity index is 1.40. The van der Waals surface area contributed by atoms with E-state index in [4.69, 9.17) is 4.74 Å². The number of amides is 1. The second-order valence-electron chi connectivity index (χ2n) is 9.28. The minimum atomic E-state index is -1.28. The Morgan fingerprint density at radius 3 is 2.73 bits per heavy atom. The Labute approximate surface area is 195 Å². The first-order valence-corrected chi connectivity index (χ1v) is 11.8. The van der Waals surface area contributed by atoms with E-state index in [2.05, 4.69) is 11.4 Å². The van der Waals surface area contributed by atoms with E-state index < -0.39 is 5.72 Å². The number of phenolic OH excluding ortho intramolecular Hbond substituents is 1. The number of aliphatic hydroxyl groups excluding tert-OH is 1. The van der Waals surface area contributed by atoms with Crippen LogP contribution in [-0.4, -0.2) is 58.5 Å². The van der Waals surface area contributed by atoms with Crippen molar-refractivity contribution < 1.29 is 24.9 Å². The number of aromatic hydroxyl groups is 1. The maximum Gasteiger partial charge on any atom is 0.260 e. The molecule has 4 rings (SSSR count). The normalized spacial score (nSPS) is 19.7. The van der Waals surface area contributed by atoms with Crippen LogP contribution in [0.5, 0.6) is 11.5 Å². The molecule has 0 bridgehead atoms. The molecule has 33 heavy (non-hydrogen) atoms. The number of benzene rings is 2. The largest absolute Gasteiger partial charge is 0.508 e. The molecule has 0 spiro atoms. The van der Waals surface area contributed by atoms with Gasteiger partial charge in [-0.1, -0.05) is 12.1 Å². The standard InChI is InChI=1S/C26H34N2O5/c1-26(32,21-6-9-24(30)19(14-21)10-13-29)27-22-7-4-18-5-8-23(16-20(18)15-22)33-17-25(31)28-11-2-3-12-28/h5-6,8-9,14,16,22,27,29-30,32H,2-4,7,10-13,15,17H2,1H3/t22-,26-/m0/s1.